The zero-order valence-electron chi connectivity index (χ0n) is 15.7. The number of hydrogen-bond acceptors (Lipinski definition) is 5. The average molecular weight is 416 g/mol. The molecule has 0 fully saturated rings. The van der Waals surface area contributed by atoms with E-state index in [1.54, 1.807) is 42.5 Å². The lowest BCUT2D eigenvalue weighted by Crippen LogP contribution is -2.39. The quantitative estimate of drug-likeness (QED) is 0.644. The second kappa shape index (κ2) is 8.66. The molecule has 0 aliphatic carbocycles. The number of nitrogens with one attached hydrogen (secondary N) is 2. The number of aromatic amines is 1. The van der Waals surface area contributed by atoms with Crippen molar-refractivity contribution in [2.75, 3.05) is 19.5 Å². The highest BCUT2D eigenvalue weighted by atomic mass is 35.5. The molecule has 150 valence electrons. The summed E-state index contributed by atoms with van der Waals surface area (Å²) in [5, 5.41) is 3.03. The van der Waals surface area contributed by atoms with Crippen LogP contribution in [-0.4, -0.2) is 29.7 Å². The van der Waals surface area contributed by atoms with Crippen LogP contribution in [0.1, 0.15) is 15.9 Å². The van der Waals surface area contributed by atoms with Gasteiger partial charge in [0.05, 0.1) is 20.8 Å². The van der Waals surface area contributed by atoms with Gasteiger partial charge in [-0.15, -0.1) is 0 Å². The molecule has 0 saturated heterocycles. The number of benzene rings is 2. The van der Waals surface area contributed by atoms with Crippen molar-refractivity contribution < 1.29 is 14.3 Å². The summed E-state index contributed by atoms with van der Waals surface area (Å²) in [6.45, 7) is -0.0642. The fourth-order valence-electron chi connectivity index (χ4n) is 2.73. The molecule has 0 aliphatic heterocycles. The van der Waals surface area contributed by atoms with Crippen LogP contribution in [0.25, 0.3) is 0 Å². The molecule has 2 N–H and O–H groups in total. The Morgan fingerprint density at radius 3 is 2.52 bits per heavy atom. The number of carbonyl (C=O) groups excluding carboxylic acids is 1. The molecule has 0 saturated carbocycles. The van der Waals surface area contributed by atoms with Crippen LogP contribution in [0.5, 0.6) is 11.5 Å². The maximum atomic E-state index is 12.8. The molecule has 0 radical (unpaired) electrons. The molecule has 9 heteroatoms. The van der Waals surface area contributed by atoms with E-state index in [-0.39, 0.29) is 12.1 Å². The summed E-state index contributed by atoms with van der Waals surface area (Å²) in [6.07, 6.45) is 1.09. The van der Waals surface area contributed by atoms with E-state index in [1.807, 2.05) is 0 Å². The van der Waals surface area contributed by atoms with E-state index in [1.165, 1.54) is 14.2 Å². The molecule has 3 rings (SSSR count). The lowest BCUT2D eigenvalue weighted by atomic mass is 10.2. The minimum absolute atomic E-state index is 0.0642. The zero-order chi connectivity index (χ0) is 21.0. The molecule has 1 amide bonds. The third-order valence-corrected chi connectivity index (χ3v) is 4.60. The Kier molecular flexibility index (Phi) is 6.04. The largest absolute Gasteiger partial charge is 0.493 e. The highest BCUT2D eigenvalue weighted by Crippen LogP contribution is 2.29. The first-order chi connectivity index (χ1) is 13.9. The van der Waals surface area contributed by atoms with Gasteiger partial charge in [-0.3, -0.25) is 14.2 Å². The van der Waals surface area contributed by atoms with Crippen molar-refractivity contribution in [1.29, 1.82) is 0 Å². The van der Waals surface area contributed by atoms with Crippen molar-refractivity contribution in [3.05, 3.63) is 85.6 Å². The number of carbonyl (C=O) groups is 1. The van der Waals surface area contributed by atoms with Gasteiger partial charge in [0, 0.05) is 23.0 Å². The Hall–Kier alpha value is -3.52. The third kappa shape index (κ3) is 4.33. The van der Waals surface area contributed by atoms with Crippen molar-refractivity contribution in [1.82, 2.24) is 9.55 Å². The highest BCUT2D eigenvalue weighted by Gasteiger charge is 2.16. The monoisotopic (exact) mass is 415 g/mol. The number of halogens is 1. The van der Waals surface area contributed by atoms with Crippen molar-refractivity contribution >= 4 is 23.2 Å². The number of hydrogen-bond donors (Lipinski definition) is 2. The van der Waals surface area contributed by atoms with Gasteiger partial charge in [-0.25, -0.2) is 4.79 Å². The minimum Gasteiger partial charge on any atom is -0.493 e. The summed E-state index contributed by atoms with van der Waals surface area (Å²) in [5.74, 6) is 0.242. The van der Waals surface area contributed by atoms with Crippen LogP contribution < -0.4 is 26.0 Å². The lowest BCUT2D eigenvalue weighted by molar-refractivity contribution is 0.102. The van der Waals surface area contributed by atoms with Crippen molar-refractivity contribution in [2.24, 2.45) is 0 Å². The molecule has 29 heavy (non-hydrogen) atoms. The number of aromatic nitrogens is 2. The van der Waals surface area contributed by atoms with E-state index in [2.05, 4.69) is 10.3 Å². The van der Waals surface area contributed by atoms with Gasteiger partial charge in [0.1, 0.15) is 5.56 Å². The summed E-state index contributed by atoms with van der Waals surface area (Å²) >= 11 is 6.11. The van der Waals surface area contributed by atoms with Gasteiger partial charge in [-0.2, -0.15) is 0 Å². The summed E-state index contributed by atoms with van der Waals surface area (Å²) < 4.78 is 11.3. The van der Waals surface area contributed by atoms with E-state index in [9.17, 15) is 14.4 Å². The SMILES string of the molecule is COc1ccc(NC(=O)c2c[nH]c(=O)n(Cc3ccccc3Cl)c2=O)cc1OC. The fourth-order valence-corrected chi connectivity index (χ4v) is 2.92. The summed E-state index contributed by atoms with van der Waals surface area (Å²) in [6, 6.07) is 11.6. The van der Waals surface area contributed by atoms with Crippen LogP contribution in [0.15, 0.2) is 58.3 Å². The molecule has 0 bridgehead atoms. The summed E-state index contributed by atoms with van der Waals surface area (Å²) in [5.41, 5.74) is -0.606. The van der Waals surface area contributed by atoms with Crippen LogP contribution in [0.3, 0.4) is 0 Å². The molecule has 0 aliphatic rings. The smallest absolute Gasteiger partial charge is 0.328 e. The number of ether oxygens (including phenoxy) is 2. The molecular formula is C20H18ClN3O5. The minimum atomic E-state index is -0.730. The van der Waals surface area contributed by atoms with Crippen LogP contribution >= 0.6 is 11.6 Å². The molecule has 0 atom stereocenters. The van der Waals surface area contributed by atoms with Gasteiger partial charge in [0.15, 0.2) is 11.5 Å². The topological polar surface area (TPSA) is 102 Å². The molecule has 3 aromatic rings. The number of nitrogens with zero attached hydrogens (tertiary/aromatic N) is 1. The fraction of sp³-hybridized carbons (Fsp3) is 0.150. The first-order valence-corrected chi connectivity index (χ1v) is 8.91. The Balaban J connectivity index is 1.91. The predicted octanol–water partition coefficient (Wildman–Crippen LogP) is 2.51. The Morgan fingerprint density at radius 1 is 1.10 bits per heavy atom. The summed E-state index contributed by atoms with van der Waals surface area (Å²) in [4.78, 5) is 39.9. The van der Waals surface area contributed by atoms with Gasteiger partial charge < -0.3 is 19.8 Å². The van der Waals surface area contributed by atoms with Crippen molar-refractivity contribution in [3.63, 3.8) is 0 Å². The molecule has 1 aromatic heterocycles. The number of methoxy groups -OCH3 is 2. The predicted molar refractivity (Wildman–Crippen MR) is 109 cm³/mol. The second-order valence-electron chi connectivity index (χ2n) is 6.01. The van der Waals surface area contributed by atoms with E-state index in [0.717, 1.165) is 10.8 Å². The van der Waals surface area contributed by atoms with Crippen LogP contribution in [0, 0.1) is 0 Å². The standard InChI is InChI=1S/C20H18ClN3O5/c1-28-16-8-7-13(9-17(16)29-2)23-18(25)14-10-22-20(27)24(19(14)26)11-12-5-3-4-6-15(12)21/h3-10H,11H2,1-2H3,(H,22,27)(H,23,25). The molecule has 8 nitrogen and oxygen atoms in total. The first kappa shape index (κ1) is 20.2. The summed E-state index contributed by atoms with van der Waals surface area (Å²) in [7, 11) is 2.97. The van der Waals surface area contributed by atoms with E-state index in [0.29, 0.717) is 27.8 Å². The van der Waals surface area contributed by atoms with Crippen LogP contribution in [0.2, 0.25) is 5.02 Å². The number of amides is 1. The third-order valence-electron chi connectivity index (χ3n) is 4.23. The highest BCUT2D eigenvalue weighted by molar-refractivity contribution is 6.31. The van der Waals surface area contributed by atoms with Crippen molar-refractivity contribution in [2.45, 2.75) is 6.54 Å². The lowest BCUT2D eigenvalue weighted by Gasteiger charge is -2.11. The van der Waals surface area contributed by atoms with E-state index < -0.39 is 17.2 Å². The first-order valence-electron chi connectivity index (χ1n) is 8.54. The Morgan fingerprint density at radius 2 is 1.83 bits per heavy atom. The van der Waals surface area contributed by atoms with Gasteiger partial charge in [0.2, 0.25) is 0 Å². The molecule has 0 spiro atoms. The van der Waals surface area contributed by atoms with E-state index in [4.69, 9.17) is 21.1 Å². The van der Waals surface area contributed by atoms with Crippen LogP contribution in [-0.2, 0) is 6.54 Å². The average Bonchev–Trinajstić information content (AvgIpc) is 2.72. The van der Waals surface area contributed by atoms with Gasteiger partial charge in [0.25, 0.3) is 11.5 Å². The number of H-pyrrole nitrogens is 1. The molecular weight excluding hydrogens is 398 g/mol. The number of anilines is 1. The number of rotatable bonds is 6. The Labute approximate surface area is 170 Å². The Bertz CT molecular complexity index is 1170. The molecule has 1 heterocycles. The second-order valence-corrected chi connectivity index (χ2v) is 6.42. The van der Waals surface area contributed by atoms with Gasteiger partial charge in [-0.1, -0.05) is 29.8 Å². The molecule has 0 unspecified atom stereocenters. The van der Waals surface area contributed by atoms with Gasteiger partial charge in [-0.05, 0) is 23.8 Å². The maximum absolute atomic E-state index is 12.8. The normalized spacial score (nSPS) is 10.4. The van der Waals surface area contributed by atoms with Crippen molar-refractivity contribution in [3.8, 4) is 11.5 Å². The zero-order valence-corrected chi connectivity index (χ0v) is 16.4. The van der Waals surface area contributed by atoms with Gasteiger partial charge >= 0.3 is 5.69 Å². The maximum Gasteiger partial charge on any atom is 0.328 e. The molecule has 2 aromatic carbocycles. The van der Waals surface area contributed by atoms with Crippen LogP contribution in [0.4, 0.5) is 5.69 Å². The van der Waals surface area contributed by atoms with E-state index >= 15 is 0 Å².